The van der Waals surface area contributed by atoms with Gasteiger partial charge in [-0.25, -0.2) is 0 Å². The predicted octanol–water partition coefficient (Wildman–Crippen LogP) is 8.22. The highest BCUT2D eigenvalue weighted by atomic mass is 16.5. The van der Waals surface area contributed by atoms with Gasteiger partial charge in [0, 0.05) is 11.0 Å². The van der Waals surface area contributed by atoms with Gasteiger partial charge in [0.15, 0.2) is 0 Å². The Hall–Kier alpha value is -3.52. The Morgan fingerprint density at radius 2 is 1.19 bits per heavy atom. The number of rotatable bonds is 6. The molecular weight excluding hydrogens is 440 g/mol. The van der Waals surface area contributed by atoms with E-state index in [9.17, 15) is 5.11 Å². The van der Waals surface area contributed by atoms with Crippen molar-refractivity contribution in [2.24, 2.45) is 0 Å². The minimum Gasteiger partial charge on any atom is -0.507 e. The van der Waals surface area contributed by atoms with Crippen LogP contribution in [0, 0.1) is 20.8 Å². The Kier molecular flexibility index (Phi) is 6.38. The van der Waals surface area contributed by atoms with Crippen molar-refractivity contribution in [1.82, 2.24) is 0 Å². The van der Waals surface area contributed by atoms with Crippen molar-refractivity contribution in [3.8, 4) is 11.5 Å². The highest BCUT2D eigenvalue weighted by Crippen LogP contribution is 2.48. The summed E-state index contributed by atoms with van der Waals surface area (Å²) < 4.78 is 6.86. The highest BCUT2D eigenvalue weighted by molar-refractivity contribution is 5.58. The zero-order valence-corrected chi connectivity index (χ0v) is 21.8. The van der Waals surface area contributed by atoms with Gasteiger partial charge in [0.2, 0.25) is 0 Å². The minimum atomic E-state index is -0.294. The molecule has 0 saturated heterocycles. The van der Waals surface area contributed by atoms with Gasteiger partial charge in [0.1, 0.15) is 17.1 Å². The molecular formula is C34H36O2. The third-order valence-electron chi connectivity index (χ3n) is 8.42. The van der Waals surface area contributed by atoms with Crippen molar-refractivity contribution in [3.63, 3.8) is 0 Å². The Morgan fingerprint density at radius 1 is 0.722 bits per heavy atom. The molecule has 2 heteroatoms. The van der Waals surface area contributed by atoms with Crippen LogP contribution in [0.1, 0.15) is 65.1 Å². The number of fused-ring (bicyclic) bond motifs is 1. The van der Waals surface area contributed by atoms with Crippen LogP contribution < -0.4 is 4.74 Å². The summed E-state index contributed by atoms with van der Waals surface area (Å²) in [6.45, 7) is 8.33. The molecule has 5 rings (SSSR count). The van der Waals surface area contributed by atoms with Gasteiger partial charge in [-0.05, 0) is 86.8 Å². The van der Waals surface area contributed by atoms with Gasteiger partial charge in [0.25, 0.3) is 0 Å². The number of phenols is 1. The molecule has 1 unspecified atom stereocenters. The van der Waals surface area contributed by atoms with Crippen LogP contribution in [0.5, 0.6) is 11.5 Å². The van der Waals surface area contributed by atoms with Crippen molar-refractivity contribution in [1.29, 1.82) is 0 Å². The van der Waals surface area contributed by atoms with Crippen LogP contribution in [0.3, 0.4) is 0 Å². The van der Waals surface area contributed by atoms with E-state index in [1.54, 1.807) is 0 Å². The lowest BCUT2D eigenvalue weighted by atomic mass is 9.65. The molecule has 36 heavy (non-hydrogen) atoms. The topological polar surface area (TPSA) is 29.5 Å². The molecule has 1 N–H and O–H groups in total. The lowest BCUT2D eigenvalue weighted by Crippen LogP contribution is -2.40. The van der Waals surface area contributed by atoms with Gasteiger partial charge in [-0.2, -0.15) is 0 Å². The molecule has 0 amide bonds. The Labute approximate surface area is 215 Å². The van der Waals surface area contributed by atoms with Crippen molar-refractivity contribution in [2.75, 3.05) is 0 Å². The lowest BCUT2D eigenvalue weighted by Gasteiger charge is -2.42. The normalized spacial score (nSPS) is 17.3. The standard InChI is InChI=1S/C34H36O2/c1-24-25(2)32-30(26(3)31(24)35)20-21-33(4,36-32)22-23-34(27-14-8-5-9-15-27,28-16-10-6-11-17-28)29-18-12-7-13-19-29/h5-19,35H,20-23H2,1-4H3. The first-order chi connectivity index (χ1) is 17.4. The molecule has 4 aromatic rings. The number of hydrogen-bond donors (Lipinski definition) is 1. The molecule has 1 aliphatic rings. The van der Waals surface area contributed by atoms with E-state index in [0.29, 0.717) is 5.75 Å². The second-order valence-electron chi connectivity index (χ2n) is 10.6. The van der Waals surface area contributed by atoms with Crippen molar-refractivity contribution < 1.29 is 9.84 Å². The van der Waals surface area contributed by atoms with Crippen LogP contribution >= 0.6 is 0 Å². The maximum absolute atomic E-state index is 10.6. The average molecular weight is 477 g/mol. The van der Waals surface area contributed by atoms with E-state index in [-0.39, 0.29) is 11.0 Å². The van der Waals surface area contributed by atoms with E-state index in [0.717, 1.165) is 53.7 Å². The molecule has 0 aromatic heterocycles. The summed E-state index contributed by atoms with van der Waals surface area (Å²) in [6.07, 6.45) is 3.67. The Balaban J connectivity index is 1.58. The molecule has 0 radical (unpaired) electrons. The number of hydrogen-bond acceptors (Lipinski definition) is 2. The highest BCUT2D eigenvalue weighted by Gasteiger charge is 2.41. The van der Waals surface area contributed by atoms with Gasteiger partial charge in [-0.3, -0.25) is 0 Å². The first kappa shape index (κ1) is 24.2. The van der Waals surface area contributed by atoms with Crippen LogP contribution in [0.4, 0.5) is 0 Å². The third-order valence-corrected chi connectivity index (χ3v) is 8.42. The molecule has 0 fully saturated rings. The van der Waals surface area contributed by atoms with Gasteiger partial charge >= 0.3 is 0 Å². The molecule has 1 atom stereocenters. The monoisotopic (exact) mass is 476 g/mol. The molecule has 1 aliphatic heterocycles. The first-order valence-electron chi connectivity index (χ1n) is 13.0. The third kappa shape index (κ3) is 4.09. The van der Waals surface area contributed by atoms with Crippen LogP contribution in [0.15, 0.2) is 91.0 Å². The van der Waals surface area contributed by atoms with Crippen LogP contribution in [0.2, 0.25) is 0 Å². The molecule has 0 bridgehead atoms. The summed E-state index contributed by atoms with van der Waals surface area (Å²) in [6, 6.07) is 32.7. The predicted molar refractivity (Wildman–Crippen MR) is 148 cm³/mol. The van der Waals surface area contributed by atoms with E-state index in [4.69, 9.17) is 4.74 Å². The van der Waals surface area contributed by atoms with E-state index in [1.165, 1.54) is 16.7 Å². The molecule has 2 nitrogen and oxygen atoms in total. The molecule has 4 aromatic carbocycles. The van der Waals surface area contributed by atoms with Crippen molar-refractivity contribution in [3.05, 3.63) is 130 Å². The summed E-state index contributed by atoms with van der Waals surface area (Å²) in [7, 11) is 0. The second kappa shape index (κ2) is 9.50. The fourth-order valence-corrected chi connectivity index (χ4v) is 6.02. The van der Waals surface area contributed by atoms with Crippen molar-refractivity contribution >= 4 is 0 Å². The first-order valence-corrected chi connectivity index (χ1v) is 13.0. The SMILES string of the molecule is Cc1c(C)c2c(c(C)c1O)CCC(C)(CCC(c1ccccc1)(c1ccccc1)c1ccccc1)O2. The van der Waals surface area contributed by atoms with E-state index < -0.39 is 0 Å². The number of ether oxygens (including phenoxy) is 1. The summed E-state index contributed by atoms with van der Waals surface area (Å²) in [5.41, 5.74) is 7.42. The molecule has 0 saturated carbocycles. The van der Waals surface area contributed by atoms with E-state index in [2.05, 4.69) is 105 Å². The summed E-state index contributed by atoms with van der Waals surface area (Å²) >= 11 is 0. The fraction of sp³-hybridized carbons (Fsp3) is 0.294. The lowest BCUT2D eigenvalue weighted by molar-refractivity contribution is 0.0492. The molecule has 0 aliphatic carbocycles. The second-order valence-corrected chi connectivity index (χ2v) is 10.6. The number of benzene rings is 4. The minimum absolute atomic E-state index is 0.285. The van der Waals surface area contributed by atoms with Crippen molar-refractivity contribution in [2.45, 2.75) is 64.4 Å². The molecule has 184 valence electrons. The Bertz CT molecular complexity index is 1250. The zero-order valence-electron chi connectivity index (χ0n) is 21.8. The maximum Gasteiger partial charge on any atom is 0.127 e. The summed E-state index contributed by atoms with van der Waals surface area (Å²) in [5, 5.41) is 10.6. The maximum atomic E-state index is 10.6. The number of phenolic OH excluding ortho intramolecular Hbond substituents is 1. The van der Waals surface area contributed by atoms with Gasteiger partial charge in [-0.15, -0.1) is 0 Å². The van der Waals surface area contributed by atoms with Gasteiger partial charge < -0.3 is 9.84 Å². The van der Waals surface area contributed by atoms with E-state index >= 15 is 0 Å². The van der Waals surface area contributed by atoms with E-state index in [1.807, 2.05) is 13.8 Å². The van der Waals surface area contributed by atoms with Gasteiger partial charge in [0.05, 0.1) is 0 Å². The largest absolute Gasteiger partial charge is 0.507 e. The fourth-order valence-electron chi connectivity index (χ4n) is 6.02. The summed E-state index contributed by atoms with van der Waals surface area (Å²) in [5.74, 6) is 1.39. The summed E-state index contributed by atoms with van der Waals surface area (Å²) in [4.78, 5) is 0. The van der Waals surface area contributed by atoms with Crippen LogP contribution in [-0.4, -0.2) is 10.7 Å². The molecule has 0 spiro atoms. The van der Waals surface area contributed by atoms with Crippen LogP contribution in [-0.2, 0) is 11.8 Å². The number of aromatic hydroxyl groups is 1. The Morgan fingerprint density at radius 3 is 1.67 bits per heavy atom. The van der Waals surface area contributed by atoms with Gasteiger partial charge in [-0.1, -0.05) is 91.0 Å². The quantitative estimate of drug-likeness (QED) is 0.284. The van der Waals surface area contributed by atoms with Crippen LogP contribution in [0.25, 0.3) is 0 Å². The zero-order chi connectivity index (χ0) is 25.3. The molecule has 1 heterocycles. The smallest absolute Gasteiger partial charge is 0.127 e. The average Bonchev–Trinajstić information content (AvgIpc) is 2.93.